The molecule has 1 heterocycles. The van der Waals surface area contributed by atoms with Gasteiger partial charge in [0, 0.05) is 6.54 Å². The minimum absolute atomic E-state index is 0.238. The van der Waals surface area contributed by atoms with Crippen molar-refractivity contribution in [1.29, 1.82) is 0 Å². The van der Waals surface area contributed by atoms with E-state index in [4.69, 9.17) is 0 Å². The van der Waals surface area contributed by atoms with Gasteiger partial charge in [0.25, 0.3) is 0 Å². The molecule has 0 aliphatic carbocycles. The molecule has 0 aliphatic rings. The molecule has 0 saturated carbocycles. The summed E-state index contributed by atoms with van der Waals surface area (Å²) in [6.07, 6.45) is 0.791. The molecule has 21 heavy (non-hydrogen) atoms. The minimum Gasteiger partial charge on any atom is -0.478 e. The normalized spacial score (nSPS) is 10.9. The molecule has 0 fully saturated rings. The van der Waals surface area contributed by atoms with Gasteiger partial charge in [-0.3, -0.25) is 0 Å². The van der Waals surface area contributed by atoms with Crippen LogP contribution < -0.4 is 0 Å². The number of para-hydroxylation sites is 1. The molecular formula is C16H15N3O2. The molecule has 3 rings (SSSR count). The third-order valence-electron chi connectivity index (χ3n) is 3.62. The first kappa shape index (κ1) is 13.3. The van der Waals surface area contributed by atoms with Gasteiger partial charge in [-0.15, -0.1) is 5.10 Å². The molecule has 5 nitrogen and oxygen atoms in total. The van der Waals surface area contributed by atoms with Crippen LogP contribution in [0.25, 0.3) is 11.0 Å². The highest BCUT2D eigenvalue weighted by Crippen LogP contribution is 2.17. The number of aromatic nitrogens is 3. The molecule has 0 radical (unpaired) electrons. The Bertz CT molecular complexity index is 808. The van der Waals surface area contributed by atoms with Crippen LogP contribution >= 0.6 is 0 Å². The van der Waals surface area contributed by atoms with Crippen LogP contribution in [0.4, 0.5) is 0 Å². The second-order valence-electron chi connectivity index (χ2n) is 4.97. The maximum atomic E-state index is 11.3. The first-order valence-corrected chi connectivity index (χ1v) is 6.77. The highest BCUT2D eigenvalue weighted by molar-refractivity contribution is 6.00. The van der Waals surface area contributed by atoms with Gasteiger partial charge in [0.1, 0.15) is 11.0 Å². The highest BCUT2D eigenvalue weighted by atomic mass is 16.4. The summed E-state index contributed by atoms with van der Waals surface area (Å²) in [5, 5.41) is 17.4. The molecule has 5 heteroatoms. The van der Waals surface area contributed by atoms with Crippen LogP contribution in [-0.4, -0.2) is 26.1 Å². The van der Waals surface area contributed by atoms with Crippen molar-refractivity contribution in [2.45, 2.75) is 19.9 Å². The summed E-state index contributed by atoms with van der Waals surface area (Å²) in [4.78, 5) is 11.3. The van der Waals surface area contributed by atoms with Crippen LogP contribution in [0.15, 0.2) is 42.5 Å². The smallest absolute Gasteiger partial charge is 0.337 e. The van der Waals surface area contributed by atoms with Crippen molar-refractivity contribution in [2.24, 2.45) is 0 Å². The number of carbonyl (C=O) groups is 1. The van der Waals surface area contributed by atoms with E-state index in [0.717, 1.165) is 6.42 Å². The zero-order valence-electron chi connectivity index (χ0n) is 11.7. The number of aryl methyl sites for hydroxylation is 3. The van der Waals surface area contributed by atoms with E-state index in [1.165, 1.54) is 11.1 Å². The quantitative estimate of drug-likeness (QED) is 0.798. The van der Waals surface area contributed by atoms with Gasteiger partial charge in [0.2, 0.25) is 0 Å². The molecule has 0 atom stereocenters. The number of carboxylic acid groups (broad SMARTS) is 1. The van der Waals surface area contributed by atoms with Crippen LogP contribution in [0.2, 0.25) is 0 Å². The molecule has 0 saturated heterocycles. The number of aromatic carboxylic acids is 1. The summed E-state index contributed by atoms with van der Waals surface area (Å²) in [5.41, 5.74) is 3.88. The number of hydrogen-bond acceptors (Lipinski definition) is 3. The molecule has 3 aromatic rings. The van der Waals surface area contributed by atoms with Crippen LogP contribution in [0, 0.1) is 6.92 Å². The molecule has 106 valence electrons. The lowest BCUT2D eigenvalue weighted by atomic mass is 10.1. The SMILES string of the molecule is Cc1ccccc1CCn1nnc2cccc(C(=O)O)c21. The van der Waals surface area contributed by atoms with Gasteiger partial charge in [0.05, 0.1) is 5.56 Å². The highest BCUT2D eigenvalue weighted by Gasteiger charge is 2.14. The van der Waals surface area contributed by atoms with Crippen molar-refractivity contribution in [3.8, 4) is 0 Å². The van der Waals surface area contributed by atoms with Crippen molar-refractivity contribution in [2.75, 3.05) is 0 Å². The molecule has 1 N–H and O–H groups in total. The third-order valence-corrected chi connectivity index (χ3v) is 3.62. The van der Waals surface area contributed by atoms with Gasteiger partial charge in [-0.2, -0.15) is 0 Å². The van der Waals surface area contributed by atoms with Crippen molar-refractivity contribution in [3.05, 3.63) is 59.2 Å². The van der Waals surface area contributed by atoms with E-state index in [-0.39, 0.29) is 5.56 Å². The number of nitrogens with zero attached hydrogens (tertiary/aromatic N) is 3. The summed E-state index contributed by atoms with van der Waals surface area (Å²) in [6.45, 7) is 2.67. The molecule has 0 amide bonds. The van der Waals surface area contributed by atoms with Crippen molar-refractivity contribution in [1.82, 2.24) is 15.0 Å². The Morgan fingerprint density at radius 2 is 2.00 bits per heavy atom. The molecule has 0 bridgehead atoms. The Balaban J connectivity index is 1.95. The monoisotopic (exact) mass is 281 g/mol. The standard InChI is InChI=1S/C16H15N3O2/c1-11-5-2-3-6-12(11)9-10-19-15-13(16(20)21)7-4-8-14(15)17-18-19/h2-8H,9-10H2,1H3,(H,20,21). The molecule has 0 aliphatic heterocycles. The fourth-order valence-corrected chi connectivity index (χ4v) is 2.48. The Kier molecular flexibility index (Phi) is 3.39. The Hall–Kier alpha value is -2.69. The third kappa shape index (κ3) is 2.50. The van der Waals surface area contributed by atoms with Crippen molar-refractivity contribution in [3.63, 3.8) is 0 Å². The lowest BCUT2D eigenvalue weighted by Gasteiger charge is -2.07. The first-order chi connectivity index (χ1) is 10.2. The number of carboxylic acids is 1. The van der Waals surface area contributed by atoms with Crippen molar-refractivity contribution >= 4 is 17.0 Å². The summed E-state index contributed by atoms with van der Waals surface area (Å²) in [7, 11) is 0. The van der Waals surface area contributed by atoms with Gasteiger partial charge in [-0.25, -0.2) is 9.48 Å². The molecule has 0 unspecified atom stereocenters. The Morgan fingerprint density at radius 1 is 1.19 bits per heavy atom. The minimum atomic E-state index is -0.958. The van der Waals surface area contributed by atoms with Crippen LogP contribution in [0.1, 0.15) is 21.5 Å². The summed E-state index contributed by atoms with van der Waals surface area (Å²) in [6, 6.07) is 13.2. The average molecular weight is 281 g/mol. The molecule has 2 aromatic carbocycles. The number of fused-ring (bicyclic) bond motifs is 1. The van der Waals surface area contributed by atoms with E-state index in [2.05, 4.69) is 29.4 Å². The van der Waals surface area contributed by atoms with Gasteiger partial charge >= 0.3 is 5.97 Å². The lowest BCUT2D eigenvalue weighted by Crippen LogP contribution is -2.07. The lowest BCUT2D eigenvalue weighted by molar-refractivity contribution is 0.0698. The van der Waals surface area contributed by atoms with E-state index in [9.17, 15) is 9.90 Å². The maximum absolute atomic E-state index is 11.3. The zero-order valence-corrected chi connectivity index (χ0v) is 11.7. The van der Waals surface area contributed by atoms with Gasteiger partial charge in [-0.1, -0.05) is 35.5 Å². The van der Waals surface area contributed by atoms with Gasteiger partial charge in [-0.05, 0) is 36.6 Å². The Morgan fingerprint density at radius 3 is 2.76 bits per heavy atom. The number of rotatable bonds is 4. The summed E-state index contributed by atoms with van der Waals surface area (Å²) < 4.78 is 1.67. The van der Waals surface area contributed by atoms with E-state index in [0.29, 0.717) is 17.6 Å². The Labute approximate surface area is 121 Å². The van der Waals surface area contributed by atoms with E-state index < -0.39 is 5.97 Å². The summed E-state index contributed by atoms with van der Waals surface area (Å²) in [5.74, 6) is -0.958. The largest absolute Gasteiger partial charge is 0.478 e. The summed E-state index contributed by atoms with van der Waals surface area (Å²) >= 11 is 0. The van der Waals surface area contributed by atoms with E-state index in [1.807, 2.05) is 12.1 Å². The number of hydrogen-bond donors (Lipinski definition) is 1. The first-order valence-electron chi connectivity index (χ1n) is 6.77. The van der Waals surface area contributed by atoms with E-state index in [1.54, 1.807) is 22.9 Å². The van der Waals surface area contributed by atoms with Crippen LogP contribution in [0.3, 0.4) is 0 Å². The molecular weight excluding hydrogens is 266 g/mol. The number of benzene rings is 2. The van der Waals surface area contributed by atoms with Gasteiger partial charge < -0.3 is 5.11 Å². The van der Waals surface area contributed by atoms with Crippen LogP contribution in [0.5, 0.6) is 0 Å². The predicted molar refractivity (Wildman–Crippen MR) is 79.4 cm³/mol. The molecule has 1 aromatic heterocycles. The van der Waals surface area contributed by atoms with Crippen LogP contribution in [-0.2, 0) is 13.0 Å². The fraction of sp³-hybridized carbons (Fsp3) is 0.188. The van der Waals surface area contributed by atoms with Gasteiger partial charge in [0.15, 0.2) is 0 Å². The second-order valence-corrected chi connectivity index (χ2v) is 4.97. The fourth-order valence-electron chi connectivity index (χ4n) is 2.48. The topological polar surface area (TPSA) is 68.0 Å². The average Bonchev–Trinajstić information content (AvgIpc) is 2.89. The van der Waals surface area contributed by atoms with E-state index >= 15 is 0 Å². The second kappa shape index (κ2) is 5.36. The maximum Gasteiger partial charge on any atom is 0.337 e. The van der Waals surface area contributed by atoms with Crippen molar-refractivity contribution < 1.29 is 9.90 Å². The zero-order chi connectivity index (χ0) is 14.8. The molecule has 0 spiro atoms. The predicted octanol–water partition coefficient (Wildman–Crippen LogP) is 2.68.